The molecule has 0 spiro atoms. The van der Waals surface area contributed by atoms with E-state index in [0.29, 0.717) is 60.8 Å². The number of halogens is 1. The first kappa shape index (κ1) is 32.1. The van der Waals surface area contributed by atoms with Crippen molar-refractivity contribution in [2.45, 2.75) is 25.4 Å². The van der Waals surface area contributed by atoms with Gasteiger partial charge in [0.1, 0.15) is 24.5 Å². The summed E-state index contributed by atoms with van der Waals surface area (Å²) < 4.78 is 31.4. The van der Waals surface area contributed by atoms with Crippen LogP contribution in [0, 0.1) is 5.82 Å². The van der Waals surface area contributed by atoms with E-state index in [1.165, 1.54) is 42.5 Å². The van der Waals surface area contributed by atoms with Crippen LogP contribution in [0.4, 0.5) is 21.6 Å². The molecule has 1 atom stereocenters. The van der Waals surface area contributed by atoms with Crippen molar-refractivity contribution in [3.63, 3.8) is 0 Å². The lowest BCUT2D eigenvalue weighted by Gasteiger charge is -2.17. The molecule has 0 aliphatic rings. The lowest BCUT2D eigenvalue weighted by molar-refractivity contribution is -0.116. The van der Waals surface area contributed by atoms with Crippen molar-refractivity contribution in [2.24, 2.45) is 5.73 Å². The first-order valence-corrected chi connectivity index (χ1v) is 13.8. The number of hydrogen-bond donors (Lipinski definition) is 5. The molecule has 2 heterocycles. The Kier molecular flexibility index (Phi) is 11.3. The summed E-state index contributed by atoms with van der Waals surface area (Å²) in [4.78, 5) is 33.4. The number of aliphatic hydroxyl groups is 1. The summed E-state index contributed by atoms with van der Waals surface area (Å²) in [5.74, 6) is -0.521. The Morgan fingerprint density at radius 3 is 2.73 bits per heavy atom. The molecule has 0 aliphatic carbocycles. The smallest absolute Gasteiger partial charge is 0.271 e. The van der Waals surface area contributed by atoms with Crippen LogP contribution in [0.15, 0.2) is 48.9 Å². The van der Waals surface area contributed by atoms with E-state index in [2.05, 4.69) is 31.0 Å². The number of nitrogens with one attached hydrogen (secondary N) is 3. The van der Waals surface area contributed by atoms with Gasteiger partial charge >= 0.3 is 0 Å². The highest BCUT2D eigenvalue weighted by molar-refractivity contribution is 5.99. The second-order valence-corrected chi connectivity index (χ2v) is 9.70. The van der Waals surface area contributed by atoms with Gasteiger partial charge in [0.05, 0.1) is 31.5 Å². The zero-order valence-corrected chi connectivity index (χ0v) is 24.4. The number of amides is 2. The Bertz CT molecular complexity index is 1580. The van der Waals surface area contributed by atoms with Crippen LogP contribution in [0.3, 0.4) is 0 Å². The predicted molar refractivity (Wildman–Crippen MR) is 161 cm³/mol. The van der Waals surface area contributed by atoms with Crippen molar-refractivity contribution in [1.29, 1.82) is 0 Å². The summed E-state index contributed by atoms with van der Waals surface area (Å²) in [6, 6.07) is 8.97. The molecule has 2 aromatic carbocycles. The van der Waals surface area contributed by atoms with Crippen LogP contribution < -0.4 is 31.2 Å². The van der Waals surface area contributed by atoms with Crippen LogP contribution in [0.2, 0.25) is 0 Å². The number of ether oxygens (including phenoxy) is 3. The largest absolute Gasteiger partial charge is 0.493 e. The number of aliphatic hydroxyl groups excluding tert-OH is 1. The zero-order valence-electron chi connectivity index (χ0n) is 24.4. The fraction of sp³-hybridized carbons (Fsp3) is 0.345. The minimum absolute atomic E-state index is 0.0578. The van der Waals surface area contributed by atoms with Crippen molar-refractivity contribution in [1.82, 2.24) is 25.1 Å². The van der Waals surface area contributed by atoms with E-state index in [0.717, 1.165) is 0 Å². The van der Waals surface area contributed by atoms with Crippen LogP contribution in [-0.4, -0.2) is 83.3 Å². The number of hydrogen-bond acceptors (Lipinski definition) is 11. The van der Waals surface area contributed by atoms with Crippen LogP contribution in [0.1, 0.15) is 23.3 Å². The highest BCUT2D eigenvalue weighted by Gasteiger charge is 2.19. The number of rotatable bonds is 17. The maximum absolute atomic E-state index is 13.5. The molecular weight excluding hydrogens is 575 g/mol. The minimum atomic E-state index is -0.817. The van der Waals surface area contributed by atoms with Gasteiger partial charge in [0, 0.05) is 43.1 Å². The quantitative estimate of drug-likeness (QED) is 0.110. The topological polar surface area (TPSA) is 188 Å². The summed E-state index contributed by atoms with van der Waals surface area (Å²) in [6.45, 7) is 1.39. The van der Waals surface area contributed by atoms with Gasteiger partial charge in [-0.25, -0.2) is 14.4 Å². The molecule has 2 aromatic heterocycles. The van der Waals surface area contributed by atoms with Gasteiger partial charge in [0.2, 0.25) is 5.91 Å². The SMILES string of the molecule is COCC(CCO)NCCCOc1cc2ncnc(Nc3cn(CC(=O)Nc4cccc(F)c4)nc3C(N)=O)c2cc1OC. The number of carbonyl (C=O) groups excluding carboxylic acids is 2. The van der Waals surface area contributed by atoms with Gasteiger partial charge in [-0.05, 0) is 43.7 Å². The maximum atomic E-state index is 13.5. The molecule has 4 aromatic rings. The molecule has 4 rings (SSSR count). The summed E-state index contributed by atoms with van der Waals surface area (Å²) in [7, 11) is 3.13. The number of fused-ring (bicyclic) bond motifs is 1. The number of nitrogens with zero attached hydrogens (tertiary/aromatic N) is 4. The molecule has 6 N–H and O–H groups in total. The fourth-order valence-corrected chi connectivity index (χ4v) is 4.42. The van der Waals surface area contributed by atoms with Crippen LogP contribution >= 0.6 is 0 Å². The zero-order chi connectivity index (χ0) is 31.5. The Labute approximate surface area is 252 Å². The predicted octanol–water partition coefficient (Wildman–Crippen LogP) is 2.21. The number of nitrogens with two attached hydrogens (primary N) is 1. The highest BCUT2D eigenvalue weighted by Crippen LogP contribution is 2.35. The second kappa shape index (κ2) is 15.6. The monoisotopic (exact) mass is 610 g/mol. The Morgan fingerprint density at radius 2 is 2.00 bits per heavy atom. The Balaban J connectivity index is 1.46. The lowest BCUT2D eigenvalue weighted by Crippen LogP contribution is -2.35. The maximum Gasteiger partial charge on any atom is 0.271 e. The Morgan fingerprint density at radius 1 is 1.16 bits per heavy atom. The van der Waals surface area contributed by atoms with Crippen molar-refractivity contribution < 1.29 is 33.3 Å². The third-order valence-electron chi connectivity index (χ3n) is 6.44. The first-order chi connectivity index (χ1) is 21.3. The second-order valence-electron chi connectivity index (χ2n) is 9.70. The van der Waals surface area contributed by atoms with E-state index in [1.54, 1.807) is 25.3 Å². The molecule has 234 valence electrons. The molecule has 0 bridgehead atoms. The van der Waals surface area contributed by atoms with E-state index >= 15 is 0 Å². The average Bonchev–Trinajstić information content (AvgIpc) is 3.39. The fourth-order valence-electron chi connectivity index (χ4n) is 4.42. The molecule has 0 saturated heterocycles. The Hall–Kier alpha value is -4.86. The van der Waals surface area contributed by atoms with Gasteiger partial charge in [-0.2, -0.15) is 5.10 Å². The van der Waals surface area contributed by atoms with E-state index < -0.39 is 17.6 Å². The van der Waals surface area contributed by atoms with Gasteiger partial charge in [0.15, 0.2) is 17.2 Å². The third kappa shape index (κ3) is 8.59. The van der Waals surface area contributed by atoms with Gasteiger partial charge < -0.3 is 41.0 Å². The number of aromatic nitrogens is 4. The molecule has 14 nitrogen and oxygen atoms in total. The lowest BCUT2D eigenvalue weighted by atomic mass is 10.2. The number of methoxy groups -OCH3 is 2. The summed E-state index contributed by atoms with van der Waals surface area (Å²) in [5.41, 5.74) is 6.49. The van der Waals surface area contributed by atoms with Crippen molar-refractivity contribution in [3.05, 3.63) is 60.4 Å². The first-order valence-electron chi connectivity index (χ1n) is 13.8. The van der Waals surface area contributed by atoms with E-state index in [9.17, 15) is 19.1 Å². The molecule has 1 unspecified atom stereocenters. The van der Waals surface area contributed by atoms with Gasteiger partial charge in [-0.3, -0.25) is 14.3 Å². The number of carbonyl (C=O) groups is 2. The van der Waals surface area contributed by atoms with E-state index in [1.807, 2.05) is 0 Å². The van der Waals surface area contributed by atoms with Crippen LogP contribution in [-0.2, 0) is 16.1 Å². The van der Waals surface area contributed by atoms with Crippen molar-refractivity contribution in [3.8, 4) is 11.5 Å². The number of benzene rings is 2. The molecule has 44 heavy (non-hydrogen) atoms. The van der Waals surface area contributed by atoms with Crippen molar-refractivity contribution >= 4 is 39.9 Å². The van der Waals surface area contributed by atoms with Crippen LogP contribution in [0.25, 0.3) is 10.9 Å². The third-order valence-corrected chi connectivity index (χ3v) is 6.44. The average molecular weight is 611 g/mol. The molecule has 2 amide bonds. The summed E-state index contributed by atoms with van der Waals surface area (Å²) >= 11 is 0. The molecule has 0 aliphatic heterocycles. The van der Waals surface area contributed by atoms with Crippen molar-refractivity contribution in [2.75, 3.05) is 51.2 Å². The molecule has 0 radical (unpaired) electrons. The van der Waals surface area contributed by atoms with Gasteiger partial charge in [-0.15, -0.1) is 0 Å². The minimum Gasteiger partial charge on any atom is -0.493 e. The van der Waals surface area contributed by atoms with Crippen LogP contribution in [0.5, 0.6) is 11.5 Å². The molecular formula is C29H35FN8O6. The summed E-state index contributed by atoms with van der Waals surface area (Å²) in [5, 5.41) is 22.9. The van der Waals surface area contributed by atoms with Gasteiger partial charge in [-0.1, -0.05) is 6.07 Å². The van der Waals surface area contributed by atoms with E-state index in [4.69, 9.17) is 19.9 Å². The number of anilines is 3. The molecule has 0 fully saturated rings. The summed E-state index contributed by atoms with van der Waals surface area (Å²) in [6.07, 6.45) is 4.09. The van der Waals surface area contributed by atoms with Gasteiger partial charge in [0.25, 0.3) is 5.91 Å². The molecule has 0 saturated carbocycles. The van der Waals surface area contributed by atoms with E-state index in [-0.39, 0.29) is 36.3 Å². The number of primary amides is 1. The standard InChI is InChI=1S/C29H35FN8O6/c1-42-16-20(7-9-39)32-8-4-10-44-25-13-22-21(12-24(25)43-2)29(34-17-33-22)36-23-14-38(37-27(23)28(31)41)15-26(40)35-19-6-3-5-18(30)11-19/h3,5-6,11-14,17,20,32,39H,4,7-10,15-16H2,1-2H3,(H2,31,41)(H,35,40)(H,33,34,36). The normalized spacial score (nSPS) is 11.7. The highest BCUT2D eigenvalue weighted by atomic mass is 19.1. The molecule has 15 heteroatoms.